The third kappa shape index (κ3) is 3.57. The minimum absolute atomic E-state index is 0. The zero-order valence-corrected chi connectivity index (χ0v) is 9.20. The van der Waals surface area contributed by atoms with Gasteiger partial charge in [0.1, 0.15) is 5.84 Å². The third-order valence-electron chi connectivity index (χ3n) is 1.53. The van der Waals surface area contributed by atoms with E-state index in [1.807, 2.05) is 24.3 Å². The van der Waals surface area contributed by atoms with Crippen LogP contribution >= 0.6 is 24.2 Å². The monoisotopic (exact) mass is 232 g/mol. The summed E-state index contributed by atoms with van der Waals surface area (Å²) in [5.41, 5.74) is 6.13. The molecular formula is C9H13ClN2OS. The van der Waals surface area contributed by atoms with Gasteiger partial charge in [0.05, 0.1) is 6.61 Å². The molecule has 0 unspecified atom stereocenters. The van der Waals surface area contributed by atoms with Gasteiger partial charge in [-0.1, -0.05) is 18.2 Å². The van der Waals surface area contributed by atoms with Gasteiger partial charge in [0.25, 0.3) is 0 Å². The Hall–Kier alpha value is -0.710. The lowest BCUT2D eigenvalue weighted by Gasteiger charge is -2.05. The molecule has 0 saturated carbocycles. The zero-order chi connectivity index (χ0) is 9.68. The molecule has 0 spiro atoms. The molecule has 0 bridgehead atoms. The second kappa shape index (κ2) is 6.70. The predicted molar refractivity (Wildman–Crippen MR) is 62.5 cm³/mol. The third-order valence-corrected chi connectivity index (χ3v) is 2.58. The van der Waals surface area contributed by atoms with Crippen molar-refractivity contribution in [2.24, 2.45) is 5.73 Å². The Bertz CT molecular complexity index is 307. The van der Waals surface area contributed by atoms with Crippen molar-refractivity contribution in [2.75, 3.05) is 12.4 Å². The molecule has 4 N–H and O–H groups in total. The standard InChI is InChI=1S/C9H12N2OS.ClH/c10-9(11)7-3-1-2-4-8(7)13-6-5-12;/h1-4,12H,5-6H2,(H3,10,11);1H. The predicted octanol–water partition coefficient (Wildman–Crippen LogP) is 1.48. The van der Waals surface area contributed by atoms with E-state index >= 15 is 0 Å². The maximum Gasteiger partial charge on any atom is 0.123 e. The number of nitrogens with one attached hydrogen (secondary N) is 1. The van der Waals surface area contributed by atoms with Crippen LogP contribution < -0.4 is 5.73 Å². The largest absolute Gasteiger partial charge is 0.396 e. The fourth-order valence-corrected chi connectivity index (χ4v) is 1.79. The summed E-state index contributed by atoms with van der Waals surface area (Å²) in [6, 6.07) is 7.45. The van der Waals surface area contributed by atoms with Gasteiger partial charge in [-0.05, 0) is 6.07 Å². The number of benzene rings is 1. The Labute approximate surface area is 93.6 Å². The molecule has 5 heteroatoms. The van der Waals surface area contributed by atoms with E-state index in [1.165, 1.54) is 11.8 Å². The maximum atomic E-state index is 8.65. The van der Waals surface area contributed by atoms with Crippen molar-refractivity contribution < 1.29 is 5.11 Å². The summed E-state index contributed by atoms with van der Waals surface area (Å²) in [7, 11) is 0. The number of nitrogen functional groups attached to an aromatic ring is 1. The number of hydrogen-bond donors (Lipinski definition) is 3. The molecule has 0 aliphatic rings. The fraction of sp³-hybridized carbons (Fsp3) is 0.222. The van der Waals surface area contributed by atoms with Crippen LogP contribution in [0.5, 0.6) is 0 Å². The lowest BCUT2D eigenvalue weighted by molar-refractivity contribution is 0.322. The Balaban J connectivity index is 0.00000169. The van der Waals surface area contributed by atoms with E-state index in [9.17, 15) is 0 Å². The van der Waals surface area contributed by atoms with Gasteiger partial charge in [-0.3, -0.25) is 5.41 Å². The molecule has 1 aromatic carbocycles. The lowest BCUT2D eigenvalue weighted by Crippen LogP contribution is -2.12. The molecule has 78 valence electrons. The highest BCUT2D eigenvalue weighted by Crippen LogP contribution is 2.21. The number of rotatable bonds is 4. The quantitative estimate of drug-likeness (QED) is 0.418. The summed E-state index contributed by atoms with van der Waals surface area (Å²) in [5, 5.41) is 16.0. The first kappa shape index (κ1) is 13.3. The minimum Gasteiger partial charge on any atom is -0.396 e. The van der Waals surface area contributed by atoms with Crippen LogP contribution in [0.2, 0.25) is 0 Å². The van der Waals surface area contributed by atoms with Crippen LogP contribution in [0.3, 0.4) is 0 Å². The number of thioether (sulfide) groups is 1. The highest BCUT2D eigenvalue weighted by molar-refractivity contribution is 7.99. The van der Waals surface area contributed by atoms with Crippen LogP contribution in [-0.2, 0) is 0 Å². The Morgan fingerprint density at radius 2 is 2.07 bits per heavy atom. The van der Waals surface area contributed by atoms with Crippen molar-refractivity contribution in [3.63, 3.8) is 0 Å². The average molecular weight is 233 g/mol. The van der Waals surface area contributed by atoms with Crippen LogP contribution in [0.4, 0.5) is 0 Å². The molecule has 0 aliphatic carbocycles. The van der Waals surface area contributed by atoms with E-state index in [-0.39, 0.29) is 24.8 Å². The Morgan fingerprint density at radius 1 is 1.43 bits per heavy atom. The van der Waals surface area contributed by atoms with Crippen molar-refractivity contribution in [3.8, 4) is 0 Å². The van der Waals surface area contributed by atoms with Crippen molar-refractivity contribution >= 4 is 30.0 Å². The van der Waals surface area contributed by atoms with Gasteiger partial charge < -0.3 is 10.8 Å². The summed E-state index contributed by atoms with van der Waals surface area (Å²) in [5.74, 6) is 0.700. The van der Waals surface area contributed by atoms with E-state index in [4.69, 9.17) is 16.2 Å². The van der Waals surface area contributed by atoms with Crippen molar-refractivity contribution in [1.82, 2.24) is 0 Å². The molecule has 0 aliphatic heterocycles. The lowest BCUT2D eigenvalue weighted by atomic mass is 10.2. The summed E-state index contributed by atoms with van der Waals surface area (Å²) >= 11 is 1.50. The molecule has 1 rings (SSSR count). The second-order valence-electron chi connectivity index (χ2n) is 2.48. The summed E-state index contributed by atoms with van der Waals surface area (Å²) in [6.45, 7) is 0.136. The number of aliphatic hydroxyl groups excluding tert-OH is 1. The van der Waals surface area contributed by atoms with Gasteiger partial charge in [-0.2, -0.15) is 0 Å². The van der Waals surface area contributed by atoms with E-state index in [2.05, 4.69) is 0 Å². The average Bonchev–Trinajstić information content (AvgIpc) is 2.15. The summed E-state index contributed by atoms with van der Waals surface area (Å²) in [6.07, 6.45) is 0. The molecular weight excluding hydrogens is 220 g/mol. The van der Waals surface area contributed by atoms with E-state index in [0.717, 1.165) is 10.5 Å². The van der Waals surface area contributed by atoms with Crippen LogP contribution in [0, 0.1) is 5.41 Å². The normalized spacial score (nSPS) is 9.21. The van der Waals surface area contributed by atoms with Gasteiger partial charge >= 0.3 is 0 Å². The molecule has 0 aromatic heterocycles. The minimum atomic E-state index is 0. The smallest absolute Gasteiger partial charge is 0.123 e. The first-order chi connectivity index (χ1) is 6.25. The van der Waals surface area contributed by atoms with Gasteiger partial charge in [-0.15, -0.1) is 24.2 Å². The molecule has 14 heavy (non-hydrogen) atoms. The van der Waals surface area contributed by atoms with Gasteiger partial charge in [-0.25, -0.2) is 0 Å². The van der Waals surface area contributed by atoms with Crippen LogP contribution in [0.25, 0.3) is 0 Å². The van der Waals surface area contributed by atoms with Crippen molar-refractivity contribution in [3.05, 3.63) is 29.8 Å². The molecule has 0 amide bonds. The summed E-state index contributed by atoms with van der Waals surface area (Å²) in [4.78, 5) is 0.948. The van der Waals surface area contributed by atoms with E-state index < -0.39 is 0 Å². The number of halogens is 1. The van der Waals surface area contributed by atoms with Crippen LogP contribution in [0.15, 0.2) is 29.2 Å². The summed E-state index contributed by atoms with van der Waals surface area (Å²) < 4.78 is 0. The molecule has 1 aromatic rings. The SMILES string of the molecule is Cl.N=C(N)c1ccccc1SCCO. The van der Waals surface area contributed by atoms with Crippen LogP contribution in [-0.4, -0.2) is 23.3 Å². The number of aliphatic hydroxyl groups is 1. The zero-order valence-electron chi connectivity index (χ0n) is 7.56. The topological polar surface area (TPSA) is 70.1 Å². The van der Waals surface area contributed by atoms with Crippen molar-refractivity contribution in [2.45, 2.75) is 4.90 Å². The van der Waals surface area contributed by atoms with Gasteiger partial charge in [0.2, 0.25) is 0 Å². The Morgan fingerprint density at radius 3 is 2.64 bits per heavy atom. The highest BCUT2D eigenvalue weighted by Gasteiger charge is 2.03. The second-order valence-corrected chi connectivity index (χ2v) is 3.62. The number of amidine groups is 1. The molecule has 0 heterocycles. The molecule has 0 atom stereocenters. The first-order valence-corrected chi connectivity index (χ1v) is 4.91. The number of nitrogens with two attached hydrogens (primary N) is 1. The highest BCUT2D eigenvalue weighted by atomic mass is 35.5. The van der Waals surface area contributed by atoms with Crippen LogP contribution in [0.1, 0.15) is 5.56 Å². The van der Waals surface area contributed by atoms with E-state index in [1.54, 1.807) is 0 Å². The maximum absolute atomic E-state index is 8.65. The first-order valence-electron chi connectivity index (χ1n) is 3.93. The van der Waals surface area contributed by atoms with Gasteiger partial charge in [0, 0.05) is 16.2 Å². The Kier molecular flexibility index (Phi) is 6.36. The molecule has 3 nitrogen and oxygen atoms in total. The number of hydrogen-bond acceptors (Lipinski definition) is 3. The van der Waals surface area contributed by atoms with E-state index in [0.29, 0.717) is 5.75 Å². The molecule has 0 radical (unpaired) electrons. The molecule has 0 fully saturated rings. The molecule has 0 saturated heterocycles. The fourth-order valence-electron chi connectivity index (χ4n) is 0.971. The van der Waals surface area contributed by atoms with Crippen molar-refractivity contribution in [1.29, 1.82) is 5.41 Å². The van der Waals surface area contributed by atoms with Gasteiger partial charge in [0.15, 0.2) is 0 Å².